The highest BCUT2D eigenvalue weighted by molar-refractivity contribution is 7.10. The van der Waals surface area contributed by atoms with Crippen molar-refractivity contribution in [3.8, 4) is 23.1 Å². The van der Waals surface area contributed by atoms with E-state index >= 15 is 4.39 Å². The van der Waals surface area contributed by atoms with Gasteiger partial charge in [-0.15, -0.1) is 16.0 Å². The minimum Gasteiger partial charge on any atom is -1.00 e. The zero-order chi connectivity index (χ0) is 35.3. The number of carbonyl (C=O) groups is 2. The second-order valence-corrected chi connectivity index (χ2v) is 12.5. The molecule has 0 fully saturated rings. The maximum atomic E-state index is 15.3. The molecule has 0 aliphatic rings. The maximum absolute atomic E-state index is 15.3. The van der Waals surface area contributed by atoms with Crippen molar-refractivity contribution in [3.05, 3.63) is 117 Å². The molecule has 0 unspecified atom stereocenters. The van der Waals surface area contributed by atoms with Gasteiger partial charge in [0, 0.05) is 33.6 Å². The first kappa shape index (κ1) is 37.9. The third kappa shape index (κ3) is 8.64. The zero-order valence-electron chi connectivity index (χ0n) is 27.4. The largest absolute Gasteiger partial charge is 1.00 e. The van der Waals surface area contributed by atoms with Gasteiger partial charge in [-0.25, -0.2) is 23.1 Å². The predicted octanol–water partition coefficient (Wildman–Crippen LogP) is 0.785. The number of benzene rings is 3. The van der Waals surface area contributed by atoms with E-state index in [0.717, 1.165) is 23.3 Å². The second-order valence-electron chi connectivity index (χ2n) is 11.7. The van der Waals surface area contributed by atoms with E-state index in [1.165, 1.54) is 22.1 Å². The van der Waals surface area contributed by atoms with Gasteiger partial charge < -0.3 is 37.9 Å². The molecular formula is C35H34BrF2N7O4S. The van der Waals surface area contributed by atoms with Crippen LogP contribution in [0, 0.1) is 36.8 Å². The van der Waals surface area contributed by atoms with Crippen molar-refractivity contribution in [2.75, 3.05) is 13.1 Å². The number of carbonyl (C=O) groups excluding carboxylic acids is 2. The molecule has 15 heteroatoms. The molecule has 4 N–H and O–H groups in total. The molecule has 2 aromatic heterocycles. The van der Waals surface area contributed by atoms with Gasteiger partial charge in [-0.2, -0.15) is 5.26 Å². The smallest absolute Gasteiger partial charge is 0.330 e. The number of amides is 1. The fraction of sp³-hybridized carbons (Fsp3) is 0.257. The van der Waals surface area contributed by atoms with Gasteiger partial charge in [0.05, 0.1) is 35.4 Å². The summed E-state index contributed by atoms with van der Waals surface area (Å²) in [6.45, 7) is 4.99. The van der Waals surface area contributed by atoms with E-state index in [2.05, 4.69) is 16.5 Å². The Bertz CT molecular complexity index is 2020. The van der Waals surface area contributed by atoms with Gasteiger partial charge in [0.2, 0.25) is 12.2 Å². The molecule has 5 aromatic rings. The molecule has 50 heavy (non-hydrogen) atoms. The van der Waals surface area contributed by atoms with E-state index in [9.17, 15) is 19.1 Å². The van der Waals surface area contributed by atoms with Crippen LogP contribution in [0.3, 0.4) is 0 Å². The minimum absolute atomic E-state index is 0. The van der Waals surface area contributed by atoms with Gasteiger partial charge in [0.25, 0.3) is 6.33 Å². The molecule has 3 aromatic carbocycles. The Hall–Kier alpha value is -4.88. The van der Waals surface area contributed by atoms with Crippen LogP contribution in [0.1, 0.15) is 45.7 Å². The summed E-state index contributed by atoms with van der Waals surface area (Å²) in [6, 6.07) is 15.8. The summed E-state index contributed by atoms with van der Waals surface area (Å²) in [5.74, 6) is -3.11. The second kappa shape index (κ2) is 16.2. The van der Waals surface area contributed by atoms with Crippen LogP contribution in [0.25, 0.3) is 11.3 Å². The molecular weight excluding hydrogens is 732 g/mol. The van der Waals surface area contributed by atoms with Crippen LogP contribution in [0.15, 0.2) is 72.6 Å². The van der Waals surface area contributed by atoms with E-state index in [1.54, 1.807) is 62.3 Å². The lowest BCUT2D eigenvalue weighted by Crippen LogP contribution is -3.00. The quantitative estimate of drug-likeness (QED) is 0.0956. The fourth-order valence-electron chi connectivity index (χ4n) is 5.50. The molecule has 0 aliphatic carbocycles. The van der Waals surface area contributed by atoms with Crippen LogP contribution in [0.5, 0.6) is 5.75 Å². The van der Waals surface area contributed by atoms with E-state index in [0.29, 0.717) is 39.7 Å². The minimum atomic E-state index is -1.89. The Labute approximate surface area is 301 Å². The summed E-state index contributed by atoms with van der Waals surface area (Å²) < 4.78 is 38.0. The van der Waals surface area contributed by atoms with Gasteiger partial charge in [-0.05, 0) is 60.9 Å². The number of rotatable bonds is 12. The molecule has 0 radical (unpaired) electrons. The molecule has 260 valence electrons. The van der Waals surface area contributed by atoms with Gasteiger partial charge in [0.1, 0.15) is 36.1 Å². The first-order valence-electron chi connectivity index (χ1n) is 15.2. The van der Waals surface area contributed by atoms with Gasteiger partial charge in [-0.1, -0.05) is 25.1 Å². The lowest BCUT2D eigenvalue weighted by atomic mass is 9.82. The lowest BCUT2D eigenvalue weighted by molar-refractivity contribution is -0.689. The Morgan fingerprint density at radius 3 is 2.50 bits per heavy atom. The zero-order valence-corrected chi connectivity index (χ0v) is 29.8. The number of esters is 1. The Morgan fingerprint density at radius 2 is 1.86 bits per heavy atom. The van der Waals surface area contributed by atoms with Crippen molar-refractivity contribution < 1.29 is 49.8 Å². The van der Waals surface area contributed by atoms with Crippen LogP contribution >= 0.6 is 11.3 Å². The summed E-state index contributed by atoms with van der Waals surface area (Å²) in [5.41, 5.74) is 7.50. The fourth-order valence-corrected chi connectivity index (χ4v) is 6.48. The molecule has 2 heterocycles. The van der Waals surface area contributed by atoms with Gasteiger partial charge in [-0.3, -0.25) is 4.79 Å². The van der Waals surface area contributed by atoms with Crippen molar-refractivity contribution in [2.45, 2.75) is 45.4 Å². The lowest BCUT2D eigenvalue weighted by Gasteiger charge is -2.32. The molecule has 0 spiro atoms. The molecule has 5 rings (SSSR count). The highest BCUT2D eigenvalue weighted by Gasteiger charge is 2.43. The number of hydrogen-bond acceptors (Lipinski definition) is 9. The topological polar surface area (TPSA) is 160 Å². The highest BCUT2D eigenvalue weighted by Crippen LogP contribution is 2.41. The van der Waals surface area contributed by atoms with E-state index in [4.69, 9.17) is 20.7 Å². The van der Waals surface area contributed by atoms with Crippen LogP contribution in [0.2, 0.25) is 0 Å². The Kier molecular flexibility index (Phi) is 12.3. The Morgan fingerprint density at radius 1 is 1.16 bits per heavy atom. The number of thiazole rings is 1. The first-order chi connectivity index (χ1) is 23.4. The summed E-state index contributed by atoms with van der Waals surface area (Å²) >= 11 is 1.30. The van der Waals surface area contributed by atoms with Gasteiger partial charge >= 0.3 is 5.97 Å². The number of ether oxygens (including phenoxy) is 1. The summed E-state index contributed by atoms with van der Waals surface area (Å²) in [5, 5.41) is 30.5. The van der Waals surface area contributed by atoms with Crippen molar-refractivity contribution in [3.63, 3.8) is 0 Å². The number of aliphatic hydroxyl groups is 1. The molecule has 0 bridgehead atoms. The van der Waals surface area contributed by atoms with Crippen molar-refractivity contribution >= 4 is 23.2 Å². The maximum Gasteiger partial charge on any atom is 0.330 e. The highest BCUT2D eigenvalue weighted by atomic mass is 79.9. The van der Waals surface area contributed by atoms with E-state index < -0.39 is 35.0 Å². The third-order valence-electron chi connectivity index (χ3n) is 8.07. The number of aryl methyl sites for hydroxylation is 2. The normalized spacial score (nSPS) is 12.7. The first-order valence-corrected chi connectivity index (χ1v) is 16.1. The summed E-state index contributed by atoms with van der Waals surface area (Å²) in [6.07, 6.45) is 3.24. The number of nitrogens with two attached hydrogens (primary N) is 1. The standard InChI is InChI=1S/C35H33F2N7O4S.BrH/c1-21-10-25(11-22(2)33(21)48-32(46)15-40-31(45)14-39)16-43-19-41-44(20-43)18-35(47,28-9-8-27(36)12-29(28)37)23(3)34-42-30(17-49-34)26-6-4-24(13-38)5-7-26;/h4-12,17,19-20,23,47H,14-16,18,39H2,1-3H3;1H/t23-,35+;/m0./s1. The number of nitriles is 1. The number of halogens is 3. The van der Waals surface area contributed by atoms with E-state index in [-0.39, 0.29) is 42.2 Å². The molecule has 11 nitrogen and oxygen atoms in total. The van der Waals surface area contributed by atoms with Crippen LogP contribution in [0.4, 0.5) is 8.78 Å². The van der Waals surface area contributed by atoms with E-state index in [1.807, 2.05) is 17.5 Å². The monoisotopic (exact) mass is 765 g/mol. The van der Waals surface area contributed by atoms with Crippen LogP contribution < -0.4 is 37.3 Å². The average Bonchev–Trinajstić information content (AvgIpc) is 3.74. The molecule has 0 saturated carbocycles. The molecule has 0 aliphatic heterocycles. The van der Waals surface area contributed by atoms with Crippen molar-refractivity contribution in [2.24, 2.45) is 5.73 Å². The SMILES string of the molecule is Cc1cc(C[n+]2cnn(C[C@](O)(c3ccc(F)cc3F)[C@@H](C)c3nc(-c4ccc(C#N)cc4)cs3)c2)cc(C)c1OC(=O)CNC(=O)CN.[Br-]. The third-order valence-corrected chi connectivity index (χ3v) is 9.09. The molecule has 0 saturated heterocycles. The summed E-state index contributed by atoms with van der Waals surface area (Å²) in [7, 11) is 0. The molecule has 1 amide bonds. The average molecular weight is 767 g/mol. The van der Waals surface area contributed by atoms with Crippen LogP contribution in [-0.4, -0.2) is 44.8 Å². The number of aromatic nitrogens is 4. The number of nitrogens with zero attached hydrogens (tertiary/aromatic N) is 5. The number of nitrogens with one attached hydrogen (secondary N) is 1. The van der Waals surface area contributed by atoms with Crippen molar-refractivity contribution in [1.82, 2.24) is 20.1 Å². The predicted molar refractivity (Wildman–Crippen MR) is 176 cm³/mol. The van der Waals surface area contributed by atoms with Gasteiger partial charge in [0.15, 0.2) is 0 Å². The molecule has 2 atom stereocenters. The van der Waals surface area contributed by atoms with Crippen molar-refractivity contribution in [1.29, 1.82) is 5.26 Å². The Balaban J connectivity index is 0.00000562. The van der Waals surface area contributed by atoms with Crippen LogP contribution in [-0.2, 0) is 28.3 Å². The summed E-state index contributed by atoms with van der Waals surface area (Å²) in [4.78, 5) is 28.3. The number of hydrogen-bond donors (Lipinski definition) is 3.